The van der Waals surface area contributed by atoms with Crippen LogP contribution in [0.1, 0.15) is 11.1 Å². The van der Waals surface area contributed by atoms with E-state index >= 15 is 0 Å². The summed E-state index contributed by atoms with van der Waals surface area (Å²) in [4.78, 5) is 19.5. The number of hydrogen-bond acceptors (Lipinski definition) is 6. The van der Waals surface area contributed by atoms with Crippen LogP contribution in [-0.2, 0) is 0 Å². The second-order valence-electron chi connectivity index (χ2n) is 14.8. The third-order valence-corrected chi connectivity index (χ3v) is 11.5. The maximum Gasteiger partial charge on any atom is 0.146 e. The summed E-state index contributed by atoms with van der Waals surface area (Å²) in [5, 5.41) is 13.5. The summed E-state index contributed by atoms with van der Waals surface area (Å²) < 4.78 is 0. The highest BCUT2D eigenvalue weighted by molar-refractivity contribution is 6.08. The predicted molar refractivity (Wildman–Crippen MR) is 244 cm³/mol. The molecule has 3 aromatic heterocycles. The molecule has 0 saturated heterocycles. The minimum absolute atomic E-state index is 0.600. The van der Waals surface area contributed by atoms with E-state index in [0.29, 0.717) is 6.54 Å². The Bertz CT molecular complexity index is 3330. The Labute approximate surface area is 336 Å². The molecule has 58 heavy (non-hydrogen) atoms. The number of rotatable bonds is 7. The highest BCUT2D eigenvalue weighted by Crippen LogP contribution is 2.42. The standard InChI is InChI=1S/C52H40N6/c1-34-45-21-19-43(57(26-24-36-11-3-6-15-40(36)31-53)50-27-38-13-4-7-16-41(38)32-55-50)29-48(45)35(2)49-30-44(20-22-46(34)49)58(51-28-39-14-5-8-17-42(39)33-56-51)52-47-18-10-9-12-37(47)23-25-54-52/h3-25,27-33H,26,53H2,1-2H3/b36-24-,40-31-. The zero-order valence-electron chi connectivity index (χ0n) is 32.3. The van der Waals surface area contributed by atoms with Crippen molar-refractivity contribution in [2.45, 2.75) is 13.8 Å². The molecule has 7 aromatic carbocycles. The first-order valence-corrected chi connectivity index (χ1v) is 19.6. The zero-order valence-corrected chi connectivity index (χ0v) is 32.3. The maximum absolute atomic E-state index is 6.04. The molecule has 0 unspecified atom stereocenters. The van der Waals surface area contributed by atoms with Crippen molar-refractivity contribution in [1.29, 1.82) is 0 Å². The molecule has 10 rings (SSSR count). The van der Waals surface area contributed by atoms with Crippen LogP contribution in [0.4, 0.5) is 28.8 Å². The topological polar surface area (TPSA) is 71.2 Å². The highest BCUT2D eigenvalue weighted by Gasteiger charge is 2.21. The molecule has 0 fully saturated rings. The third kappa shape index (κ3) is 6.12. The zero-order chi connectivity index (χ0) is 39.2. The molecule has 0 aliphatic carbocycles. The van der Waals surface area contributed by atoms with Crippen molar-refractivity contribution in [2.24, 2.45) is 5.73 Å². The smallest absolute Gasteiger partial charge is 0.146 e. The van der Waals surface area contributed by atoms with E-state index in [2.05, 4.69) is 157 Å². The Morgan fingerprint density at radius 1 is 0.483 bits per heavy atom. The van der Waals surface area contributed by atoms with Gasteiger partial charge in [0.1, 0.15) is 17.5 Å². The Kier molecular flexibility index (Phi) is 8.72. The van der Waals surface area contributed by atoms with Gasteiger partial charge in [-0.2, -0.15) is 0 Å². The average Bonchev–Trinajstić information content (AvgIpc) is 3.28. The van der Waals surface area contributed by atoms with Crippen molar-refractivity contribution < 1.29 is 0 Å². The molecule has 6 nitrogen and oxygen atoms in total. The van der Waals surface area contributed by atoms with Gasteiger partial charge in [0.25, 0.3) is 0 Å². The van der Waals surface area contributed by atoms with E-state index in [1.807, 2.05) is 42.9 Å². The lowest BCUT2D eigenvalue weighted by Gasteiger charge is -2.26. The molecule has 0 aliphatic heterocycles. The van der Waals surface area contributed by atoms with Crippen molar-refractivity contribution in [3.63, 3.8) is 0 Å². The fraction of sp³-hybridized carbons (Fsp3) is 0.0577. The van der Waals surface area contributed by atoms with E-state index in [4.69, 9.17) is 20.7 Å². The number of anilines is 5. The molecule has 0 radical (unpaired) electrons. The first kappa shape index (κ1) is 34.9. The van der Waals surface area contributed by atoms with E-state index < -0.39 is 0 Å². The van der Waals surface area contributed by atoms with Gasteiger partial charge in [0.2, 0.25) is 0 Å². The molecule has 10 aromatic rings. The minimum atomic E-state index is 0.600. The van der Waals surface area contributed by atoms with Gasteiger partial charge in [-0.3, -0.25) is 4.90 Å². The van der Waals surface area contributed by atoms with Gasteiger partial charge in [-0.05, 0) is 116 Å². The molecular weight excluding hydrogens is 709 g/mol. The van der Waals surface area contributed by atoms with Crippen LogP contribution in [0, 0.1) is 13.8 Å². The summed E-state index contributed by atoms with van der Waals surface area (Å²) in [7, 11) is 0. The number of pyridine rings is 3. The largest absolute Gasteiger partial charge is 0.404 e. The highest BCUT2D eigenvalue weighted by atomic mass is 15.2. The molecule has 0 saturated carbocycles. The number of hydrogen-bond donors (Lipinski definition) is 1. The summed E-state index contributed by atoms with van der Waals surface area (Å²) in [6.07, 6.45) is 9.69. The lowest BCUT2D eigenvalue weighted by molar-refractivity contribution is 1.08. The van der Waals surface area contributed by atoms with Gasteiger partial charge in [0, 0.05) is 58.9 Å². The molecule has 0 atom stereocenters. The van der Waals surface area contributed by atoms with Crippen molar-refractivity contribution in [2.75, 3.05) is 16.3 Å². The van der Waals surface area contributed by atoms with Crippen molar-refractivity contribution in [3.05, 3.63) is 192 Å². The Morgan fingerprint density at radius 3 is 1.74 bits per heavy atom. The van der Waals surface area contributed by atoms with Gasteiger partial charge in [0.05, 0.1) is 0 Å². The molecular formula is C52H40N6. The van der Waals surface area contributed by atoms with Crippen molar-refractivity contribution >= 4 is 95.0 Å². The number of nitrogens with two attached hydrogens (primary N) is 1. The van der Waals surface area contributed by atoms with Gasteiger partial charge in [-0.25, -0.2) is 15.0 Å². The van der Waals surface area contributed by atoms with E-state index in [-0.39, 0.29) is 0 Å². The summed E-state index contributed by atoms with van der Waals surface area (Å²) >= 11 is 0. The van der Waals surface area contributed by atoms with Gasteiger partial charge < -0.3 is 10.6 Å². The molecule has 0 bridgehead atoms. The van der Waals surface area contributed by atoms with Gasteiger partial charge in [-0.15, -0.1) is 0 Å². The van der Waals surface area contributed by atoms with Gasteiger partial charge in [0.15, 0.2) is 0 Å². The molecule has 0 spiro atoms. The Hall–Kier alpha value is -7.57. The van der Waals surface area contributed by atoms with Crippen LogP contribution in [0.2, 0.25) is 0 Å². The number of aryl methyl sites for hydroxylation is 2. The Balaban J connectivity index is 1.16. The average molecular weight is 749 g/mol. The fourth-order valence-corrected chi connectivity index (χ4v) is 8.36. The van der Waals surface area contributed by atoms with Crippen LogP contribution in [0.25, 0.3) is 66.1 Å². The summed E-state index contributed by atoms with van der Waals surface area (Å²) in [5.74, 6) is 2.52. The minimum Gasteiger partial charge on any atom is -0.404 e. The third-order valence-electron chi connectivity index (χ3n) is 11.5. The van der Waals surface area contributed by atoms with Crippen LogP contribution >= 0.6 is 0 Å². The summed E-state index contributed by atoms with van der Waals surface area (Å²) in [6, 6.07) is 53.3. The Morgan fingerprint density at radius 2 is 1.03 bits per heavy atom. The molecule has 0 amide bonds. The second kappa shape index (κ2) is 14.5. The van der Waals surface area contributed by atoms with Gasteiger partial charge in [-0.1, -0.05) is 115 Å². The van der Waals surface area contributed by atoms with Gasteiger partial charge >= 0.3 is 0 Å². The lowest BCUT2D eigenvalue weighted by atomic mass is 9.92. The fourth-order valence-electron chi connectivity index (χ4n) is 8.36. The molecule has 2 N–H and O–H groups in total. The molecule has 3 heterocycles. The predicted octanol–water partition coefficient (Wildman–Crippen LogP) is 11.0. The second-order valence-corrected chi connectivity index (χ2v) is 14.8. The maximum atomic E-state index is 6.04. The van der Waals surface area contributed by atoms with E-state index in [1.165, 1.54) is 32.7 Å². The van der Waals surface area contributed by atoms with Crippen LogP contribution in [-0.4, -0.2) is 21.5 Å². The lowest BCUT2D eigenvalue weighted by Crippen LogP contribution is -2.28. The quantitative estimate of drug-likeness (QED) is 0.164. The number of nitrogens with zero attached hydrogens (tertiary/aromatic N) is 5. The van der Waals surface area contributed by atoms with E-state index in [0.717, 1.165) is 71.6 Å². The summed E-state index contributed by atoms with van der Waals surface area (Å²) in [5.41, 5.74) is 10.5. The van der Waals surface area contributed by atoms with Crippen molar-refractivity contribution in [3.8, 4) is 0 Å². The van der Waals surface area contributed by atoms with Crippen LogP contribution in [0.5, 0.6) is 0 Å². The summed E-state index contributed by atoms with van der Waals surface area (Å²) in [6.45, 7) is 5.07. The van der Waals surface area contributed by atoms with Crippen molar-refractivity contribution in [1.82, 2.24) is 15.0 Å². The van der Waals surface area contributed by atoms with E-state index in [9.17, 15) is 0 Å². The van der Waals surface area contributed by atoms with Crippen LogP contribution < -0.4 is 26.0 Å². The SMILES string of the molecule is Cc1c2ccc(N(C/C=c3/cccc/c3=C/N)c3cc4ccccc4cn3)cc2c(C)c2cc(N(c3cc4ccccc4cn3)c3nccc4ccccc34)ccc12. The number of fused-ring (bicyclic) bond motifs is 5. The first-order valence-electron chi connectivity index (χ1n) is 19.6. The molecule has 278 valence electrons. The first-order chi connectivity index (χ1) is 28.5. The molecule has 0 aliphatic rings. The normalized spacial score (nSPS) is 12.3. The molecule has 6 heteroatoms. The van der Waals surface area contributed by atoms with Crippen LogP contribution in [0.3, 0.4) is 0 Å². The van der Waals surface area contributed by atoms with Crippen LogP contribution in [0.15, 0.2) is 170 Å². The number of aromatic nitrogens is 3. The number of benzene rings is 7. The van der Waals surface area contributed by atoms with E-state index in [1.54, 1.807) is 6.20 Å². The monoisotopic (exact) mass is 748 g/mol.